The number of nitrogens with one attached hydrogen (secondary N) is 1. The molecule has 0 unspecified atom stereocenters. The molecule has 138 valence electrons. The van der Waals surface area contributed by atoms with Crippen LogP contribution in [0.25, 0.3) is 11.1 Å². The maximum Gasteiger partial charge on any atom is 0.337 e. The van der Waals surface area contributed by atoms with Crippen LogP contribution in [0.5, 0.6) is 0 Å². The number of carboxylic acids is 1. The minimum Gasteiger partial charge on any atom is -0.478 e. The molecule has 3 aromatic rings. The summed E-state index contributed by atoms with van der Waals surface area (Å²) in [7, 11) is -3.94. The molecule has 0 spiro atoms. The van der Waals surface area contributed by atoms with E-state index in [9.17, 15) is 18.3 Å². The lowest BCUT2D eigenvalue weighted by Gasteiger charge is -2.11. The molecule has 2 N–H and O–H groups in total. The van der Waals surface area contributed by atoms with Crippen LogP contribution in [-0.4, -0.2) is 19.5 Å². The number of anilines is 1. The van der Waals surface area contributed by atoms with Gasteiger partial charge in [0, 0.05) is 5.02 Å². The van der Waals surface area contributed by atoms with Crippen LogP contribution in [0.3, 0.4) is 0 Å². The smallest absolute Gasteiger partial charge is 0.337 e. The number of halogens is 1. The molecule has 0 amide bonds. The predicted molar refractivity (Wildman–Crippen MR) is 106 cm³/mol. The van der Waals surface area contributed by atoms with Crippen molar-refractivity contribution in [2.75, 3.05) is 4.72 Å². The Labute approximate surface area is 162 Å². The number of carboxylic acid groups (broad SMARTS) is 1. The highest BCUT2D eigenvalue weighted by Gasteiger charge is 2.19. The molecule has 3 rings (SSSR count). The Morgan fingerprint density at radius 2 is 1.48 bits per heavy atom. The van der Waals surface area contributed by atoms with E-state index in [1.165, 1.54) is 30.3 Å². The number of rotatable bonds is 5. The molecule has 0 bridgehead atoms. The largest absolute Gasteiger partial charge is 0.478 e. The van der Waals surface area contributed by atoms with E-state index in [4.69, 9.17) is 11.6 Å². The molecular weight excluding hydrogens is 386 g/mol. The molecular formula is C20H16ClNO4S. The summed E-state index contributed by atoms with van der Waals surface area (Å²) in [6.45, 7) is 1.99. The quantitative estimate of drug-likeness (QED) is 0.642. The first-order valence-electron chi connectivity index (χ1n) is 7.99. The van der Waals surface area contributed by atoms with Crippen LogP contribution in [-0.2, 0) is 10.0 Å². The molecule has 0 heterocycles. The third-order valence-electron chi connectivity index (χ3n) is 4.01. The lowest BCUT2D eigenvalue weighted by Crippen LogP contribution is -2.15. The molecule has 0 aromatic heterocycles. The molecule has 0 saturated carbocycles. The number of sulfonamides is 1. The molecule has 0 aliphatic heterocycles. The molecule has 7 heteroatoms. The van der Waals surface area contributed by atoms with Gasteiger partial charge >= 0.3 is 5.97 Å². The first kappa shape index (κ1) is 18.9. The van der Waals surface area contributed by atoms with E-state index in [0.717, 1.165) is 16.7 Å². The van der Waals surface area contributed by atoms with Crippen LogP contribution in [0, 0.1) is 6.92 Å². The number of carbonyl (C=O) groups is 1. The number of benzene rings is 3. The summed E-state index contributed by atoms with van der Waals surface area (Å²) in [6, 6.07) is 18.2. The van der Waals surface area contributed by atoms with Gasteiger partial charge in [-0.25, -0.2) is 13.2 Å². The maximum atomic E-state index is 12.6. The molecule has 0 saturated heterocycles. The van der Waals surface area contributed by atoms with Crippen molar-refractivity contribution in [3.63, 3.8) is 0 Å². The zero-order valence-electron chi connectivity index (χ0n) is 14.3. The van der Waals surface area contributed by atoms with Gasteiger partial charge in [0.1, 0.15) is 0 Å². The summed E-state index contributed by atoms with van der Waals surface area (Å²) in [5, 5.41) is 9.45. The monoisotopic (exact) mass is 401 g/mol. The first-order valence-corrected chi connectivity index (χ1v) is 9.85. The van der Waals surface area contributed by atoms with Crippen molar-refractivity contribution < 1.29 is 18.3 Å². The van der Waals surface area contributed by atoms with E-state index in [0.29, 0.717) is 0 Å². The van der Waals surface area contributed by atoms with Crippen molar-refractivity contribution >= 4 is 33.3 Å². The number of hydrogen-bond donors (Lipinski definition) is 2. The van der Waals surface area contributed by atoms with Gasteiger partial charge in [-0.05, 0) is 48.4 Å². The van der Waals surface area contributed by atoms with Crippen molar-refractivity contribution in [2.45, 2.75) is 11.8 Å². The summed E-state index contributed by atoms with van der Waals surface area (Å²) in [6.07, 6.45) is 0. The number of aryl methyl sites for hydroxylation is 1. The fourth-order valence-corrected chi connectivity index (χ4v) is 3.81. The molecule has 0 atom stereocenters. The number of hydrogen-bond acceptors (Lipinski definition) is 3. The van der Waals surface area contributed by atoms with E-state index < -0.39 is 16.0 Å². The molecule has 0 radical (unpaired) electrons. The lowest BCUT2D eigenvalue weighted by molar-refractivity contribution is 0.0698. The third-order valence-corrected chi connectivity index (χ3v) is 5.62. The molecule has 0 fully saturated rings. The van der Waals surface area contributed by atoms with Crippen LogP contribution in [0.4, 0.5) is 5.69 Å². The molecule has 0 aliphatic rings. The summed E-state index contributed by atoms with van der Waals surface area (Å²) < 4.78 is 27.5. The van der Waals surface area contributed by atoms with Gasteiger partial charge in [-0.3, -0.25) is 4.72 Å². The van der Waals surface area contributed by atoms with E-state index in [-0.39, 0.29) is 21.2 Å². The van der Waals surface area contributed by atoms with E-state index in [1.807, 2.05) is 31.2 Å². The summed E-state index contributed by atoms with van der Waals surface area (Å²) in [4.78, 5) is 11.4. The fourth-order valence-electron chi connectivity index (χ4n) is 2.56. The van der Waals surface area contributed by atoms with Gasteiger partial charge in [0.15, 0.2) is 0 Å². The van der Waals surface area contributed by atoms with Crippen LogP contribution in [0.15, 0.2) is 71.6 Å². The second-order valence-corrected chi connectivity index (χ2v) is 8.11. The normalized spacial score (nSPS) is 11.2. The highest BCUT2D eigenvalue weighted by molar-refractivity contribution is 7.92. The van der Waals surface area contributed by atoms with Gasteiger partial charge in [0.05, 0.1) is 16.1 Å². The van der Waals surface area contributed by atoms with Crippen LogP contribution < -0.4 is 4.72 Å². The number of aromatic carboxylic acids is 1. The molecule has 3 aromatic carbocycles. The van der Waals surface area contributed by atoms with Crippen molar-refractivity contribution in [1.82, 2.24) is 0 Å². The van der Waals surface area contributed by atoms with E-state index in [1.54, 1.807) is 12.1 Å². The van der Waals surface area contributed by atoms with Gasteiger partial charge in [-0.15, -0.1) is 0 Å². The second kappa shape index (κ2) is 7.42. The minimum atomic E-state index is -3.94. The SMILES string of the molecule is Cc1ccc(-c2ccc(S(=O)(=O)Nc3ccc(Cl)cc3C(=O)O)cc2)cc1. The summed E-state index contributed by atoms with van der Waals surface area (Å²) in [5.41, 5.74) is 2.73. The Hall–Kier alpha value is -2.83. The third kappa shape index (κ3) is 4.30. The van der Waals surface area contributed by atoms with E-state index in [2.05, 4.69) is 4.72 Å². The topological polar surface area (TPSA) is 83.5 Å². The van der Waals surface area contributed by atoms with Gasteiger partial charge in [-0.2, -0.15) is 0 Å². The minimum absolute atomic E-state index is 0.0321. The van der Waals surface area contributed by atoms with Crippen molar-refractivity contribution in [1.29, 1.82) is 0 Å². The highest BCUT2D eigenvalue weighted by atomic mass is 35.5. The summed E-state index contributed by atoms with van der Waals surface area (Å²) >= 11 is 5.79. The van der Waals surface area contributed by atoms with Crippen molar-refractivity contribution in [3.05, 3.63) is 82.9 Å². The first-order chi connectivity index (χ1) is 12.8. The fraction of sp³-hybridized carbons (Fsp3) is 0.0500. The van der Waals surface area contributed by atoms with E-state index >= 15 is 0 Å². The Kier molecular flexibility index (Phi) is 5.21. The van der Waals surface area contributed by atoms with Crippen molar-refractivity contribution in [2.24, 2.45) is 0 Å². The van der Waals surface area contributed by atoms with Crippen LogP contribution in [0.1, 0.15) is 15.9 Å². The zero-order chi connectivity index (χ0) is 19.6. The molecule has 27 heavy (non-hydrogen) atoms. The Morgan fingerprint density at radius 3 is 2.04 bits per heavy atom. The Bertz CT molecular complexity index is 1090. The highest BCUT2D eigenvalue weighted by Crippen LogP contribution is 2.26. The van der Waals surface area contributed by atoms with Gasteiger partial charge < -0.3 is 5.11 Å². The Morgan fingerprint density at radius 1 is 0.926 bits per heavy atom. The van der Waals surface area contributed by atoms with Crippen LogP contribution in [0.2, 0.25) is 5.02 Å². The molecule has 0 aliphatic carbocycles. The second-order valence-electron chi connectivity index (χ2n) is 5.99. The average Bonchev–Trinajstić information content (AvgIpc) is 2.63. The molecule has 5 nitrogen and oxygen atoms in total. The average molecular weight is 402 g/mol. The van der Waals surface area contributed by atoms with Gasteiger partial charge in [0.2, 0.25) is 0 Å². The predicted octanol–water partition coefficient (Wildman–Crippen LogP) is 4.81. The van der Waals surface area contributed by atoms with Gasteiger partial charge in [-0.1, -0.05) is 53.6 Å². The summed E-state index contributed by atoms with van der Waals surface area (Å²) in [5.74, 6) is -1.27. The standard InChI is InChI=1S/C20H16ClNO4S/c1-13-2-4-14(5-3-13)15-6-9-17(10-7-15)27(25,26)22-19-11-8-16(21)12-18(19)20(23)24/h2-12,22H,1H3,(H,23,24). The maximum absolute atomic E-state index is 12.6. The van der Waals surface area contributed by atoms with Crippen molar-refractivity contribution in [3.8, 4) is 11.1 Å². The Balaban J connectivity index is 1.90. The van der Waals surface area contributed by atoms with Gasteiger partial charge in [0.25, 0.3) is 10.0 Å². The lowest BCUT2D eigenvalue weighted by atomic mass is 10.0. The van der Waals surface area contributed by atoms with Crippen LogP contribution >= 0.6 is 11.6 Å². The zero-order valence-corrected chi connectivity index (χ0v) is 15.9.